The summed E-state index contributed by atoms with van der Waals surface area (Å²) in [7, 11) is 0. The molecule has 0 saturated carbocycles. The summed E-state index contributed by atoms with van der Waals surface area (Å²) in [5.41, 5.74) is 23.2. The van der Waals surface area contributed by atoms with Crippen LogP contribution in [0.2, 0.25) is 0 Å². The van der Waals surface area contributed by atoms with E-state index in [0.29, 0.717) is 35.6 Å². The molecule has 63 heavy (non-hydrogen) atoms. The zero-order valence-electron chi connectivity index (χ0n) is 41.4. The maximum Gasteiger partial charge on any atom is 0.246 e. The fourth-order valence-electron chi connectivity index (χ4n) is 14.9. The van der Waals surface area contributed by atoms with Crippen LogP contribution in [0.25, 0.3) is 0 Å². The van der Waals surface area contributed by atoms with Gasteiger partial charge in [0, 0.05) is 39.8 Å². The third-order valence-electron chi connectivity index (χ3n) is 18.4. The summed E-state index contributed by atoms with van der Waals surface area (Å²) in [4.78, 5) is 5.94. The van der Waals surface area contributed by atoms with Crippen LogP contribution < -0.4 is 15.3 Å². The standard InChI is InChI=1S/C60H77BN2/c1-56(2,3)38-27-31-47-40(33-38)41-34-39(57(4,5)6)35-46-53(41)63(47)54-44(60(13,36-21-16-14-17-22-36)37-23-18-15-19-24-37)29-32-49-52(54)61(46)45-30-28-43(59(10,11)12)51-50-42(58(7,8)9)25-20-26-48(50)62(49)55(45)51/h14,16,18,20-21,23-24,26,29,32-33,35,38-39,42-43,47,51H,15,17,19,22,25,27-28,30-31,34H2,1-13H3. The van der Waals surface area contributed by atoms with Gasteiger partial charge in [-0.3, -0.25) is 0 Å². The van der Waals surface area contributed by atoms with E-state index in [1.165, 1.54) is 48.2 Å². The minimum atomic E-state index is -0.241. The highest BCUT2D eigenvalue weighted by atomic mass is 15.2. The molecule has 11 rings (SSSR count). The first-order valence-corrected chi connectivity index (χ1v) is 25.5. The zero-order valence-corrected chi connectivity index (χ0v) is 41.4. The fourth-order valence-corrected chi connectivity index (χ4v) is 14.9. The molecule has 0 aromatic heterocycles. The Morgan fingerprint density at radius 3 is 2.16 bits per heavy atom. The van der Waals surface area contributed by atoms with Crippen molar-refractivity contribution in [2.24, 2.45) is 51.2 Å². The number of benzene rings is 1. The minimum absolute atomic E-state index is 0.168. The lowest BCUT2D eigenvalue weighted by Gasteiger charge is -2.52. The van der Waals surface area contributed by atoms with Crippen LogP contribution in [0.1, 0.15) is 160 Å². The van der Waals surface area contributed by atoms with Gasteiger partial charge in [-0.25, -0.2) is 0 Å². The van der Waals surface area contributed by atoms with E-state index in [4.69, 9.17) is 0 Å². The second-order valence-electron chi connectivity index (χ2n) is 26.1. The van der Waals surface area contributed by atoms with Crippen molar-refractivity contribution in [1.82, 2.24) is 0 Å². The highest BCUT2D eigenvalue weighted by molar-refractivity contribution is 6.90. The molecule has 0 spiro atoms. The molecule has 0 bridgehead atoms. The first kappa shape index (κ1) is 42.0. The molecule has 10 aliphatic rings. The van der Waals surface area contributed by atoms with Crippen molar-refractivity contribution in [3.05, 3.63) is 134 Å². The summed E-state index contributed by atoms with van der Waals surface area (Å²) in [5, 5.41) is 0. The van der Waals surface area contributed by atoms with E-state index < -0.39 is 0 Å². The van der Waals surface area contributed by atoms with Crippen LogP contribution in [0.5, 0.6) is 0 Å². The number of hydrogen-bond donors (Lipinski definition) is 0. The Morgan fingerprint density at radius 2 is 1.49 bits per heavy atom. The Balaban J connectivity index is 1.27. The lowest BCUT2D eigenvalue weighted by molar-refractivity contribution is 0.157. The zero-order chi connectivity index (χ0) is 44.3. The smallest absolute Gasteiger partial charge is 0.246 e. The third-order valence-corrected chi connectivity index (χ3v) is 18.4. The van der Waals surface area contributed by atoms with Crippen molar-refractivity contribution < 1.29 is 0 Å². The number of rotatable bonds is 3. The number of allylic oxidation sites excluding steroid dienone is 15. The van der Waals surface area contributed by atoms with Crippen molar-refractivity contribution >= 4 is 23.6 Å². The Bertz CT molecular complexity index is 2510. The van der Waals surface area contributed by atoms with Crippen molar-refractivity contribution in [3.63, 3.8) is 0 Å². The number of hydrogen-bond acceptors (Lipinski definition) is 2. The number of nitrogens with zero attached hydrogens (tertiary/aromatic N) is 2. The van der Waals surface area contributed by atoms with Gasteiger partial charge in [0.1, 0.15) is 0 Å². The summed E-state index contributed by atoms with van der Waals surface area (Å²) in [6, 6.07) is 5.69. The van der Waals surface area contributed by atoms with Crippen LogP contribution in [0.3, 0.4) is 0 Å². The molecule has 3 heteroatoms. The summed E-state index contributed by atoms with van der Waals surface area (Å²) in [5.74, 6) is 2.66. The molecule has 1 aromatic carbocycles. The van der Waals surface area contributed by atoms with E-state index in [1.54, 1.807) is 55.8 Å². The summed E-state index contributed by atoms with van der Waals surface area (Å²) >= 11 is 0. The first-order chi connectivity index (χ1) is 29.7. The quantitative estimate of drug-likeness (QED) is 0.280. The molecule has 4 heterocycles. The molecule has 7 unspecified atom stereocenters. The largest absolute Gasteiger partial charge is 0.334 e. The van der Waals surface area contributed by atoms with Crippen LogP contribution in [0.15, 0.2) is 129 Å². The Labute approximate surface area is 383 Å². The summed E-state index contributed by atoms with van der Waals surface area (Å²) < 4.78 is 0. The molecule has 1 aromatic rings. The molecule has 0 amide bonds. The highest BCUT2D eigenvalue weighted by Crippen LogP contribution is 2.65. The van der Waals surface area contributed by atoms with Crippen molar-refractivity contribution in [1.29, 1.82) is 0 Å². The van der Waals surface area contributed by atoms with Gasteiger partial charge in [-0.15, -0.1) is 0 Å². The molecule has 7 atom stereocenters. The fraction of sp³-hybridized carbons (Fsp3) is 0.567. The van der Waals surface area contributed by atoms with Crippen molar-refractivity contribution in [3.8, 4) is 0 Å². The maximum atomic E-state index is 3.03. The lowest BCUT2D eigenvalue weighted by atomic mass is 9.29. The molecule has 4 aliphatic heterocycles. The van der Waals surface area contributed by atoms with Crippen LogP contribution in [0.4, 0.5) is 11.4 Å². The van der Waals surface area contributed by atoms with E-state index in [9.17, 15) is 0 Å². The van der Waals surface area contributed by atoms with Gasteiger partial charge >= 0.3 is 0 Å². The Morgan fingerprint density at radius 1 is 0.714 bits per heavy atom. The molecular formula is C60H77BN2. The van der Waals surface area contributed by atoms with Gasteiger partial charge in [0.2, 0.25) is 6.71 Å². The molecule has 330 valence electrons. The maximum absolute atomic E-state index is 3.03. The van der Waals surface area contributed by atoms with Gasteiger partial charge in [0.25, 0.3) is 0 Å². The van der Waals surface area contributed by atoms with Crippen LogP contribution in [-0.4, -0.2) is 12.8 Å². The second kappa shape index (κ2) is 13.9. The van der Waals surface area contributed by atoms with Crippen molar-refractivity contribution in [2.75, 3.05) is 9.80 Å². The van der Waals surface area contributed by atoms with Gasteiger partial charge in [0.15, 0.2) is 0 Å². The molecule has 6 aliphatic carbocycles. The van der Waals surface area contributed by atoms with Crippen LogP contribution >= 0.6 is 0 Å². The van der Waals surface area contributed by atoms with E-state index in [2.05, 4.69) is 173 Å². The monoisotopic (exact) mass is 837 g/mol. The topological polar surface area (TPSA) is 6.48 Å². The normalized spacial score (nSPS) is 30.7. The highest BCUT2D eigenvalue weighted by Gasteiger charge is 2.60. The molecule has 0 saturated heterocycles. The SMILES string of the molecule is CC(C1=CCCC=C1)(C1=CC=CCC1)c1ccc2c3c1N1C4=C(CC(C(C)(C)C)C=C4B3C3=C4C(C5=C(C=CCC5C(C)(C)C)N42)C(C(C)(C)C)CC3)C2=CC(C(C)(C)C)CCC21. The third kappa shape index (κ3) is 6.01. The molecule has 0 radical (unpaired) electrons. The Hall–Kier alpha value is -3.72. The van der Waals surface area contributed by atoms with Crippen LogP contribution in [0, 0.1) is 51.2 Å². The molecule has 0 N–H and O–H groups in total. The van der Waals surface area contributed by atoms with Crippen molar-refractivity contribution in [2.45, 2.75) is 166 Å². The number of fused-ring (bicyclic) bond motifs is 9. The Kier molecular flexibility index (Phi) is 9.26. The molecule has 0 fully saturated rings. The van der Waals surface area contributed by atoms with E-state index in [-0.39, 0.29) is 33.8 Å². The van der Waals surface area contributed by atoms with Gasteiger partial charge in [0.05, 0.1) is 6.04 Å². The average molecular weight is 837 g/mol. The molecular weight excluding hydrogens is 759 g/mol. The van der Waals surface area contributed by atoms with Gasteiger partial charge < -0.3 is 9.80 Å². The summed E-state index contributed by atoms with van der Waals surface area (Å²) in [6.07, 6.45) is 37.3. The number of anilines is 2. The predicted molar refractivity (Wildman–Crippen MR) is 270 cm³/mol. The van der Waals surface area contributed by atoms with E-state index >= 15 is 0 Å². The minimum Gasteiger partial charge on any atom is -0.334 e. The van der Waals surface area contributed by atoms with Gasteiger partial charge in [-0.2, -0.15) is 0 Å². The van der Waals surface area contributed by atoms with Crippen LogP contribution in [-0.2, 0) is 5.41 Å². The van der Waals surface area contributed by atoms with Gasteiger partial charge in [-0.05, 0) is 167 Å². The first-order valence-electron chi connectivity index (χ1n) is 25.5. The predicted octanol–water partition coefficient (Wildman–Crippen LogP) is 15.1. The lowest BCUT2D eigenvalue weighted by Crippen LogP contribution is -2.56. The second-order valence-corrected chi connectivity index (χ2v) is 26.1. The van der Waals surface area contributed by atoms with E-state index in [1.807, 2.05) is 0 Å². The molecule has 2 nitrogen and oxygen atoms in total. The van der Waals surface area contributed by atoms with Gasteiger partial charge in [-0.1, -0.05) is 155 Å². The van der Waals surface area contributed by atoms with E-state index in [0.717, 1.165) is 38.5 Å². The summed E-state index contributed by atoms with van der Waals surface area (Å²) in [6.45, 7) is 33.1. The average Bonchev–Trinajstić information content (AvgIpc) is 3.76.